The average molecular weight is 737 g/mol. The van der Waals surface area contributed by atoms with Crippen molar-refractivity contribution in [2.45, 2.75) is 233 Å². The van der Waals surface area contributed by atoms with Gasteiger partial charge in [-0.25, -0.2) is 0 Å². The topological polar surface area (TPSA) is 78.9 Å². The number of esters is 1. The van der Waals surface area contributed by atoms with E-state index in [1.807, 2.05) is 0 Å². The highest BCUT2D eigenvalue weighted by atomic mass is 16.5. The minimum atomic E-state index is -0.0296. The van der Waals surface area contributed by atoms with E-state index in [1.54, 1.807) is 0 Å². The minimum absolute atomic E-state index is 0.0296. The third-order valence-corrected chi connectivity index (χ3v) is 11.1. The van der Waals surface area contributed by atoms with Gasteiger partial charge < -0.3 is 20.1 Å². The Bertz CT molecular complexity index is 690. The van der Waals surface area contributed by atoms with Crippen LogP contribution in [0.1, 0.15) is 233 Å². The van der Waals surface area contributed by atoms with Gasteiger partial charge in [-0.15, -0.1) is 0 Å². The smallest absolute Gasteiger partial charge is 0.305 e. The van der Waals surface area contributed by atoms with Crippen LogP contribution in [0, 0.1) is 11.8 Å². The van der Waals surface area contributed by atoms with Gasteiger partial charge in [0.05, 0.1) is 13.2 Å². The van der Waals surface area contributed by atoms with Crippen LogP contribution in [0.3, 0.4) is 0 Å². The maximum Gasteiger partial charge on any atom is 0.305 e. The number of rotatable bonds is 42. The molecule has 0 aromatic carbocycles. The summed E-state index contributed by atoms with van der Waals surface area (Å²) in [6.07, 6.45) is 38.2. The maximum absolute atomic E-state index is 12.7. The number of ether oxygens (including phenoxy) is 1. The summed E-state index contributed by atoms with van der Waals surface area (Å²) in [7, 11) is 0. The predicted octanol–water partition coefficient (Wildman–Crippen LogP) is 12.7. The number of carbonyl (C=O) groups excluding carboxylic acids is 2. The van der Waals surface area contributed by atoms with E-state index in [0.29, 0.717) is 37.8 Å². The van der Waals surface area contributed by atoms with Crippen molar-refractivity contribution in [1.29, 1.82) is 0 Å². The second-order valence-electron chi connectivity index (χ2n) is 16.2. The van der Waals surface area contributed by atoms with Crippen molar-refractivity contribution in [2.24, 2.45) is 11.8 Å². The first-order chi connectivity index (χ1) is 25.5. The van der Waals surface area contributed by atoms with E-state index in [0.717, 1.165) is 58.2 Å². The van der Waals surface area contributed by atoms with Crippen molar-refractivity contribution in [1.82, 2.24) is 10.2 Å². The zero-order valence-electron chi connectivity index (χ0n) is 35.6. The highest BCUT2D eigenvalue weighted by molar-refractivity contribution is 5.75. The van der Waals surface area contributed by atoms with Crippen LogP contribution in [0.4, 0.5) is 0 Å². The lowest BCUT2D eigenvalue weighted by Gasteiger charge is -2.21. The molecule has 6 heteroatoms. The second-order valence-corrected chi connectivity index (χ2v) is 16.2. The monoisotopic (exact) mass is 737 g/mol. The van der Waals surface area contributed by atoms with Gasteiger partial charge in [-0.05, 0) is 76.3 Å². The van der Waals surface area contributed by atoms with Gasteiger partial charge in [0.15, 0.2) is 0 Å². The Hall–Kier alpha value is -1.14. The van der Waals surface area contributed by atoms with E-state index in [4.69, 9.17) is 4.74 Å². The van der Waals surface area contributed by atoms with Gasteiger partial charge in [0.1, 0.15) is 0 Å². The van der Waals surface area contributed by atoms with Crippen LogP contribution in [0.5, 0.6) is 0 Å². The van der Waals surface area contributed by atoms with Crippen molar-refractivity contribution in [2.75, 3.05) is 39.4 Å². The molecular formula is C46H92N2O4. The van der Waals surface area contributed by atoms with E-state index in [1.165, 1.54) is 154 Å². The van der Waals surface area contributed by atoms with Gasteiger partial charge in [-0.1, -0.05) is 169 Å². The highest BCUT2D eigenvalue weighted by Crippen LogP contribution is 2.21. The molecule has 0 heterocycles. The number of hydrogen-bond donors (Lipinski definition) is 2. The van der Waals surface area contributed by atoms with Crippen molar-refractivity contribution >= 4 is 11.9 Å². The summed E-state index contributed by atoms with van der Waals surface area (Å²) >= 11 is 0. The Labute approximate surface area is 325 Å². The summed E-state index contributed by atoms with van der Waals surface area (Å²) in [6, 6.07) is 0. The number of aliphatic hydroxyl groups is 1. The molecule has 0 fully saturated rings. The van der Waals surface area contributed by atoms with E-state index < -0.39 is 0 Å². The molecule has 0 aromatic rings. The first-order valence-electron chi connectivity index (χ1n) is 23.3. The fourth-order valence-corrected chi connectivity index (χ4v) is 7.49. The largest absolute Gasteiger partial charge is 0.465 e. The normalized spacial score (nSPS) is 12.7. The lowest BCUT2D eigenvalue weighted by molar-refractivity contribution is -0.145. The molecule has 52 heavy (non-hydrogen) atoms. The molecule has 310 valence electrons. The van der Waals surface area contributed by atoms with E-state index in [2.05, 4.69) is 37.9 Å². The molecule has 0 aromatic heterocycles. The summed E-state index contributed by atoms with van der Waals surface area (Å²) < 4.78 is 5.79. The molecule has 0 aliphatic carbocycles. The summed E-state index contributed by atoms with van der Waals surface area (Å²) in [6.45, 7) is 13.3. The predicted molar refractivity (Wildman–Crippen MR) is 225 cm³/mol. The quantitative estimate of drug-likeness (QED) is 0.0482. The van der Waals surface area contributed by atoms with Gasteiger partial charge in [-0.3, -0.25) is 9.59 Å². The van der Waals surface area contributed by atoms with Gasteiger partial charge in [-0.2, -0.15) is 0 Å². The summed E-state index contributed by atoms with van der Waals surface area (Å²) in [4.78, 5) is 27.5. The van der Waals surface area contributed by atoms with Gasteiger partial charge in [0, 0.05) is 25.9 Å². The first kappa shape index (κ1) is 50.9. The lowest BCUT2D eigenvalue weighted by Crippen LogP contribution is -2.30. The standard InChI is InChI=1S/C46H92N2O4/c1-5-9-13-17-19-25-32-43(31-23-15-11-7-3)41-47-45(50)35-27-21-29-37-48(39-40-49)38-30-22-28-36-46(51)52-42-44(33-24-16-12-8-4)34-26-20-18-14-10-6-2/h43-44,49H,5-42H2,1-4H3,(H,47,50). The Morgan fingerprint density at radius 2 is 0.904 bits per heavy atom. The summed E-state index contributed by atoms with van der Waals surface area (Å²) in [5.41, 5.74) is 0. The van der Waals surface area contributed by atoms with Gasteiger partial charge >= 0.3 is 5.97 Å². The maximum atomic E-state index is 12.7. The number of nitrogens with one attached hydrogen (secondary N) is 1. The Balaban J connectivity index is 4.22. The minimum Gasteiger partial charge on any atom is -0.465 e. The third kappa shape index (κ3) is 35.9. The van der Waals surface area contributed by atoms with Crippen LogP contribution >= 0.6 is 0 Å². The molecule has 1 amide bonds. The number of carbonyl (C=O) groups is 2. The molecule has 0 bridgehead atoms. The Kier molecular flexibility index (Phi) is 40.1. The SMILES string of the molecule is CCCCCCCCC(CCCCCC)CNC(=O)CCCCCN(CCO)CCCCCC(=O)OCC(CCCCCC)CCCCCCCC. The van der Waals surface area contributed by atoms with Crippen LogP contribution in [-0.4, -0.2) is 61.3 Å². The number of aliphatic hydroxyl groups excluding tert-OH is 1. The molecule has 2 atom stereocenters. The third-order valence-electron chi connectivity index (χ3n) is 11.1. The van der Waals surface area contributed by atoms with Crippen LogP contribution in [-0.2, 0) is 14.3 Å². The first-order valence-corrected chi connectivity index (χ1v) is 23.3. The molecule has 2 unspecified atom stereocenters. The van der Waals surface area contributed by atoms with Crippen LogP contribution in [0.2, 0.25) is 0 Å². The number of unbranched alkanes of at least 4 members (excludes halogenated alkanes) is 20. The number of hydrogen-bond acceptors (Lipinski definition) is 5. The molecule has 2 N–H and O–H groups in total. The van der Waals surface area contributed by atoms with Gasteiger partial charge in [0.2, 0.25) is 5.91 Å². The number of amides is 1. The molecule has 0 aliphatic heterocycles. The molecule has 0 radical (unpaired) electrons. The molecule has 0 rings (SSSR count). The molecule has 0 spiro atoms. The number of nitrogens with zero attached hydrogens (tertiary/aromatic N) is 1. The second kappa shape index (κ2) is 41.0. The fraction of sp³-hybridized carbons (Fsp3) is 0.957. The zero-order chi connectivity index (χ0) is 38.2. The summed E-state index contributed by atoms with van der Waals surface area (Å²) in [5, 5.41) is 12.9. The van der Waals surface area contributed by atoms with Crippen molar-refractivity contribution in [3.63, 3.8) is 0 Å². The molecular weight excluding hydrogens is 645 g/mol. The van der Waals surface area contributed by atoms with Gasteiger partial charge in [0.25, 0.3) is 0 Å². The van der Waals surface area contributed by atoms with E-state index >= 15 is 0 Å². The van der Waals surface area contributed by atoms with E-state index in [-0.39, 0.29) is 18.5 Å². The van der Waals surface area contributed by atoms with Crippen molar-refractivity contribution < 1.29 is 19.4 Å². The Morgan fingerprint density at radius 3 is 1.38 bits per heavy atom. The molecule has 0 saturated heterocycles. The Morgan fingerprint density at radius 1 is 0.500 bits per heavy atom. The van der Waals surface area contributed by atoms with Crippen LogP contribution < -0.4 is 5.32 Å². The molecule has 6 nitrogen and oxygen atoms in total. The molecule has 0 aliphatic rings. The van der Waals surface area contributed by atoms with Crippen molar-refractivity contribution in [3.05, 3.63) is 0 Å². The zero-order valence-corrected chi connectivity index (χ0v) is 35.6. The lowest BCUT2D eigenvalue weighted by atomic mass is 9.94. The van der Waals surface area contributed by atoms with Crippen LogP contribution in [0.25, 0.3) is 0 Å². The highest BCUT2D eigenvalue weighted by Gasteiger charge is 2.14. The van der Waals surface area contributed by atoms with Crippen LogP contribution in [0.15, 0.2) is 0 Å². The van der Waals surface area contributed by atoms with Crippen molar-refractivity contribution in [3.8, 4) is 0 Å². The summed E-state index contributed by atoms with van der Waals surface area (Å²) in [5.74, 6) is 1.33. The average Bonchev–Trinajstić information content (AvgIpc) is 3.14. The van der Waals surface area contributed by atoms with E-state index in [9.17, 15) is 14.7 Å². The fourth-order valence-electron chi connectivity index (χ4n) is 7.49. The molecule has 0 saturated carbocycles.